The Morgan fingerprint density at radius 2 is 1.34 bits per heavy atom. The monoisotopic (exact) mass is 381 g/mol. The van der Waals surface area contributed by atoms with Crippen LogP contribution in [0.25, 0.3) is 17.7 Å². The van der Waals surface area contributed by atoms with Crippen LogP contribution in [0.1, 0.15) is 40.7 Å². The summed E-state index contributed by atoms with van der Waals surface area (Å²) in [5.74, 6) is -0.151. The number of benzene rings is 3. The van der Waals surface area contributed by atoms with Crippen LogP contribution >= 0.6 is 0 Å². The molecule has 0 N–H and O–H groups in total. The zero-order valence-electron chi connectivity index (χ0n) is 16.4. The maximum absolute atomic E-state index is 13.5. The van der Waals surface area contributed by atoms with Crippen molar-refractivity contribution in [2.45, 2.75) is 19.4 Å². The van der Waals surface area contributed by atoms with Gasteiger partial charge in [0.15, 0.2) is 0 Å². The Balaban J connectivity index is 1.47. The highest BCUT2D eigenvalue weighted by Crippen LogP contribution is 2.38. The van der Waals surface area contributed by atoms with E-state index in [1.165, 1.54) is 39.5 Å². The molecule has 0 bridgehead atoms. The molecule has 0 atom stereocenters. The number of rotatable bonds is 2. The van der Waals surface area contributed by atoms with Crippen molar-refractivity contribution in [3.05, 3.63) is 112 Å². The molecule has 0 aromatic heterocycles. The molecule has 0 unspecified atom stereocenters. The Morgan fingerprint density at radius 1 is 0.724 bits per heavy atom. The van der Waals surface area contributed by atoms with Gasteiger partial charge in [0.2, 0.25) is 0 Å². The molecule has 144 valence electrons. The molecule has 3 aromatic carbocycles. The molecule has 1 fully saturated rings. The molecule has 5 rings (SSSR count). The predicted molar refractivity (Wildman–Crippen MR) is 119 cm³/mol. The van der Waals surface area contributed by atoms with E-state index >= 15 is 0 Å². The molecule has 1 nitrogen and oxygen atoms in total. The maximum atomic E-state index is 13.5. The topological polar surface area (TPSA) is 3.24 Å². The second-order valence-corrected chi connectivity index (χ2v) is 7.89. The van der Waals surface area contributed by atoms with Gasteiger partial charge in [0.05, 0.1) is 0 Å². The molecule has 0 spiro atoms. The quantitative estimate of drug-likeness (QED) is 0.388. The minimum atomic E-state index is -0.151. The van der Waals surface area contributed by atoms with Gasteiger partial charge in [-0.2, -0.15) is 0 Å². The van der Waals surface area contributed by atoms with Crippen molar-refractivity contribution in [1.82, 2.24) is 4.90 Å². The van der Waals surface area contributed by atoms with Crippen LogP contribution in [-0.4, -0.2) is 18.0 Å². The van der Waals surface area contributed by atoms with Crippen LogP contribution < -0.4 is 0 Å². The molecule has 1 heterocycles. The van der Waals surface area contributed by atoms with E-state index in [4.69, 9.17) is 0 Å². The first-order valence-electron chi connectivity index (χ1n) is 10.3. The van der Waals surface area contributed by atoms with Gasteiger partial charge in [-0.25, -0.2) is 4.39 Å². The summed E-state index contributed by atoms with van der Waals surface area (Å²) in [5, 5.41) is 0. The average Bonchev–Trinajstić information content (AvgIpc) is 2.91. The molecule has 1 saturated heterocycles. The van der Waals surface area contributed by atoms with E-state index in [1.807, 2.05) is 6.07 Å². The molecule has 3 aromatic rings. The number of fused-ring (bicyclic) bond motifs is 2. The van der Waals surface area contributed by atoms with Crippen molar-refractivity contribution in [1.29, 1.82) is 0 Å². The lowest BCUT2D eigenvalue weighted by Gasteiger charge is -2.30. The fourth-order valence-corrected chi connectivity index (χ4v) is 4.57. The zero-order valence-corrected chi connectivity index (χ0v) is 16.4. The van der Waals surface area contributed by atoms with Gasteiger partial charge in [0.25, 0.3) is 0 Å². The summed E-state index contributed by atoms with van der Waals surface area (Å²) in [6, 6.07) is 24.4. The molecule has 2 aliphatic rings. The van der Waals surface area contributed by atoms with Gasteiger partial charge >= 0.3 is 0 Å². The van der Waals surface area contributed by atoms with Gasteiger partial charge < -0.3 is 0 Å². The number of hydrogen-bond acceptors (Lipinski definition) is 1. The van der Waals surface area contributed by atoms with E-state index in [9.17, 15) is 4.39 Å². The number of hydrogen-bond donors (Lipinski definition) is 0. The summed E-state index contributed by atoms with van der Waals surface area (Å²) in [6.45, 7) is 2.83. The van der Waals surface area contributed by atoms with Crippen molar-refractivity contribution in [2.24, 2.45) is 0 Å². The maximum Gasteiger partial charge on any atom is 0.123 e. The molecular formula is C27H24FN. The van der Waals surface area contributed by atoms with E-state index in [0.717, 1.165) is 38.0 Å². The van der Waals surface area contributed by atoms with Crippen LogP contribution in [-0.2, 0) is 6.54 Å². The first-order valence-corrected chi connectivity index (χ1v) is 10.3. The predicted octanol–water partition coefficient (Wildman–Crippen LogP) is 6.41. The standard InChI is InChI=1S/C27H24FN/c28-24-9-5-6-20(18-24)19-29-16-14-23(15-17-29)27-25-10-3-1-7-21(25)12-13-22-8-2-4-11-26(22)27/h1-13,18H,14-17,19H2. The molecule has 0 radical (unpaired) electrons. The van der Waals surface area contributed by atoms with Gasteiger partial charge in [0, 0.05) is 19.6 Å². The minimum absolute atomic E-state index is 0.151. The second kappa shape index (κ2) is 7.81. The molecule has 0 saturated carbocycles. The van der Waals surface area contributed by atoms with Gasteiger partial charge in [-0.15, -0.1) is 0 Å². The first kappa shape index (κ1) is 18.1. The van der Waals surface area contributed by atoms with E-state index in [1.54, 1.807) is 12.1 Å². The Labute approximate surface area is 171 Å². The fraction of sp³-hybridized carbons (Fsp3) is 0.185. The molecule has 1 aliphatic carbocycles. The number of nitrogens with zero attached hydrogens (tertiary/aromatic N) is 1. The molecule has 0 amide bonds. The molecule has 1 aliphatic heterocycles. The van der Waals surface area contributed by atoms with Crippen molar-refractivity contribution < 1.29 is 4.39 Å². The number of likely N-dealkylation sites (tertiary alicyclic amines) is 1. The van der Waals surface area contributed by atoms with Gasteiger partial charge in [-0.1, -0.05) is 78.4 Å². The van der Waals surface area contributed by atoms with Crippen LogP contribution in [0.4, 0.5) is 4.39 Å². The van der Waals surface area contributed by atoms with Crippen LogP contribution in [0.5, 0.6) is 0 Å². The van der Waals surface area contributed by atoms with Crippen LogP contribution in [0.3, 0.4) is 0 Å². The third kappa shape index (κ3) is 3.68. The fourth-order valence-electron chi connectivity index (χ4n) is 4.57. The molecule has 29 heavy (non-hydrogen) atoms. The third-order valence-electron chi connectivity index (χ3n) is 6.01. The van der Waals surface area contributed by atoms with E-state index in [0.29, 0.717) is 0 Å². The minimum Gasteiger partial charge on any atom is -0.298 e. The summed E-state index contributed by atoms with van der Waals surface area (Å²) >= 11 is 0. The normalized spacial score (nSPS) is 16.3. The van der Waals surface area contributed by atoms with Crippen molar-refractivity contribution in [3.8, 4) is 0 Å². The average molecular weight is 381 g/mol. The Bertz CT molecular complexity index is 1050. The lowest BCUT2D eigenvalue weighted by atomic mass is 9.86. The Hall–Kier alpha value is -2.97. The summed E-state index contributed by atoms with van der Waals surface area (Å²) in [4.78, 5) is 2.44. The van der Waals surface area contributed by atoms with Crippen LogP contribution in [0, 0.1) is 5.82 Å². The third-order valence-corrected chi connectivity index (χ3v) is 6.01. The lowest BCUT2D eigenvalue weighted by molar-refractivity contribution is 0.248. The second-order valence-electron chi connectivity index (χ2n) is 7.89. The highest BCUT2D eigenvalue weighted by molar-refractivity contribution is 5.94. The number of halogens is 1. The van der Waals surface area contributed by atoms with E-state index in [-0.39, 0.29) is 5.82 Å². The summed E-state index contributed by atoms with van der Waals surface area (Å²) < 4.78 is 13.5. The van der Waals surface area contributed by atoms with Crippen molar-refractivity contribution >= 4 is 17.7 Å². The summed E-state index contributed by atoms with van der Waals surface area (Å²) in [6.07, 6.45) is 6.57. The summed E-state index contributed by atoms with van der Waals surface area (Å²) in [7, 11) is 0. The molecule has 2 heteroatoms. The highest BCUT2D eigenvalue weighted by atomic mass is 19.1. The Morgan fingerprint density at radius 3 is 1.97 bits per heavy atom. The van der Waals surface area contributed by atoms with E-state index in [2.05, 4.69) is 65.6 Å². The Kier molecular flexibility index (Phi) is 4.87. The van der Waals surface area contributed by atoms with Crippen LogP contribution in [0.15, 0.2) is 78.4 Å². The zero-order chi connectivity index (χ0) is 19.6. The first-order chi connectivity index (χ1) is 14.3. The smallest absolute Gasteiger partial charge is 0.123 e. The van der Waals surface area contributed by atoms with Crippen molar-refractivity contribution in [2.75, 3.05) is 13.1 Å². The lowest BCUT2D eigenvalue weighted by Crippen LogP contribution is -2.30. The van der Waals surface area contributed by atoms with Gasteiger partial charge in [-0.3, -0.25) is 4.90 Å². The van der Waals surface area contributed by atoms with E-state index < -0.39 is 0 Å². The summed E-state index contributed by atoms with van der Waals surface area (Å²) in [5.41, 5.74) is 9.23. The highest BCUT2D eigenvalue weighted by Gasteiger charge is 2.22. The SMILES string of the molecule is Fc1cccc(CN2CCC(=C3c4ccccc4C=Cc4ccccc43)CC2)c1. The molecular weight excluding hydrogens is 357 g/mol. The largest absolute Gasteiger partial charge is 0.298 e. The van der Waals surface area contributed by atoms with Gasteiger partial charge in [-0.05, 0) is 58.4 Å². The van der Waals surface area contributed by atoms with Crippen LogP contribution in [0.2, 0.25) is 0 Å². The van der Waals surface area contributed by atoms with Crippen molar-refractivity contribution in [3.63, 3.8) is 0 Å². The number of piperidine rings is 1. The van der Waals surface area contributed by atoms with Gasteiger partial charge in [0.1, 0.15) is 5.82 Å².